The van der Waals surface area contributed by atoms with Gasteiger partial charge in [-0.25, -0.2) is 18.7 Å². The van der Waals surface area contributed by atoms with Crippen LogP contribution in [0, 0.1) is 5.92 Å². The first-order chi connectivity index (χ1) is 12.5. The van der Waals surface area contributed by atoms with Gasteiger partial charge < -0.3 is 9.64 Å². The van der Waals surface area contributed by atoms with Crippen LogP contribution in [0.3, 0.4) is 0 Å². The number of aryl methyl sites for hydroxylation is 1. The molecule has 0 bridgehead atoms. The van der Waals surface area contributed by atoms with E-state index in [-0.39, 0.29) is 24.9 Å². The van der Waals surface area contributed by atoms with Gasteiger partial charge in [-0.05, 0) is 18.8 Å². The van der Waals surface area contributed by atoms with Crippen LogP contribution in [0.1, 0.15) is 25.7 Å². The van der Waals surface area contributed by atoms with E-state index in [4.69, 9.17) is 4.74 Å². The average Bonchev–Trinajstić information content (AvgIpc) is 3.02. The van der Waals surface area contributed by atoms with Gasteiger partial charge in [0.1, 0.15) is 6.10 Å². The number of nitrogens with zero attached hydrogens (tertiary/aromatic N) is 5. The van der Waals surface area contributed by atoms with Crippen molar-refractivity contribution >= 4 is 0 Å². The van der Waals surface area contributed by atoms with Crippen molar-refractivity contribution in [3.8, 4) is 17.1 Å². The molecule has 0 aromatic carbocycles. The third-order valence-electron chi connectivity index (χ3n) is 5.16. The maximum atomic E-state index is 12.9. The van der Waals surface area contributed by atoms with Crippen LogP contribution in [-0.2, 0) is 7.05 Å². The molecule has 1 aliphatic carbocycles. The van der Waals surface area contributed by atoms with Crippen LogP contribution in [0.25, 0.3) is 11.1 Å². The summed E-state index contributed by atoms with van der Waals surface area (Å²) in [6, 6.07) is 0.384. The smallest absolute Gasteiger partial charge is 0.316 e. The molecule has 0 atom stereocenters. The lowest BCUT2D eigenvalue weighted by Gasteiger charge is -2.40. The maximum Gasteiger partial charge on any atom is 0.316 e. The second-order valence-electron chi connectivity index (χ2n) is 7.41. The lowest BCUT2D eigenvalue weighted by atomic mass is 9.81. The van der Waals surface area contributed by atoms with Crippen LogP contribution in [0.15, 0.2) is 24.8 Å². The molecule has 0 radical (unpaired) electrons. The SMILES string of the molecule is Cn1cc(-c2cnc(OC3CCN(CC4CC(F)(F)C4)CC3)nc2)cn1. The Morgan fingerprint density at radius 1 is 1.12 bits per heavy atom. The van der Waals surface area contributed by atoms with Crippen LogP contribution in [0.5, 0.6) is 6.01 Å². The van der Waals surface area contributed by atoms with Gasteiger partial charge in [0.2, 0.25) is 5.92 Å². The molecule has 2 fully saturated rings. The summed E-state index contributed by atoms with van der Waals surface area (Å²) >= 11 is 0. The van der Waals surface area contributed by atoms with Crippen molar-refractivity contribution in [1.29, 1.82) is 0 Å². The van der Waals surface area contributed by atoms with Crippen molar-refractivity contribution in [3.63, 3.8) is 0 Å². The van der Waals surface area contributed by atoms with E-state index in [0.29, 0.717) is 6.01 Å². The minimum absolute atomic E-state index is 0.0422. The maximum absolute atomic E-state index is 12.9. The Labute approximate surface area is 151 Å². The lowest BCUT2D eigenvalue weighted by molar-refractivity contribution is -0.118. The Morgan fingerprint density at radius 2 is 1.81 bits per heavy atom. The van der Waals surface area contributed by atoms with E-state index in [9.17, 15) is 8.78 Å². The van der Waals surface area contributed by atoms with Gasteiger partial charge in [-0.2, -0.15) is 5.10 Å². The molecule has 0 amide bonds. The van der Waals surface area contributed by atoms with Gasteiger partial charge >= 0.3 is 6.01 Å². The monoisotopic (exact) mass is 363 g/mol. The molecule has 6 nitrogen and oxygen atoms in total. The largest absolute Gasteiger partial charge is 0.460 e. The van der Waals surface area contributed by atoms with Crippen LogP contribution < -0.4 is 4.74 Å². The number of rotatable bonds is 5. The summed E-state index contributed by atoms with van der Waals surface area (Å²) in [6.07, 6.45) is 9.07. The molecule has 2 aromatic rings. The first-order valence-electron chi connectivity index (χ1n) is 9.05. The van der Waals surface area contributed by atoms with Crippen molar-refractivity contribution < 1.29 is 13.5 Å². The number of ether oxygens (including phenoxy) is 1. The summed E-state index contributed by atoms with van der Waals surface area (Å²) < 4.78 is 33.5. The zero-order valence-corrected chi connectivity index (χ0v) is 14.8. The van der Waals surface area contributed by atoms with Gasteiger partial charge in [0, 0.05) is 69.2 Å². The molecule has 2 aromatic heterocycles. The van der Waals surface area contributed by atoms with Crippen molar-refractivity contribution in [2.75, 3.05) is 19.6 Å². The van der Waals surface area contributed by atoms with Crippen LogP contribution in [0.2, 0.25) is 0 Å². The Morgan fingerprint density at radius 3 is 2.38 bits per heavy atom. The molecule has 3 heterocycles. The predicted octanol–water partition coefficient (Wildman–Crippen LogP) is 2.77. The van der Waals surface area contributed by atoms with Crippen LogP contribution >= 0.6 is 0 Å². The predicted molar refractivity (Wildman–Crippen MR) is 92.0 cm³/mol. The quantitative estimate of drug-likeness (QED) is 0.818. The Bertz CT molecular complexity index is 732. The summed E-state index contributed by atoms with van der Waals surface area (Å²) in [7, 11) is 1.87. The number of halogens is 2. The standard InChI is InChI=1S/C18H23F2N5O/c1-24-12-15(10-23-24)14-8-21-17(22-9-14)26-16-2-4-25(5-3-16)11-13-6-18(19,20)7-13/h8-10,12-13,16H,2-7,11H2,1H3. The third kappa shape index (κ3) is 4.00. The van der Waals surface area contributed by atoms with Gasteiger partial charge in [-0.15, -0.1) is 0 Å². The molecule has 0 unspecified atom stereocenters. The van der Waals surface area contributed by atoms with Crippen molar-refractivity contribution in [3.05, 3.63) is 24.8 Å². The molecule has 140 valence electrons. The zero-order chi connectivity index (χ0) is 18.1. The number of alkyl halides is 2. The highest BCUT2D eigenvalue weighted by molar-refractivity contribution is 5.59. The van der Waals surface area contributed by atoms with E-state index in [1.165, 1.54) is 0 Å². The summed E-state index contributed by atoms with van der Waals surface area (Å²) in [5.41, 5.74) is 1.87. The summed E-state index contributed by atoms with van der Waals surface area (Å²) in [5, 5.41) is 4.14. The lowest BCUT2D eigenvalue weighted by Crippen LogP contribution is -2.46. The molecular weight excluding hydrogens is 340 g/mol. The normalized spacial score (nSPS) is 21.5. The van der Waals surface area contributed by atoms with Gasteiger partial charge in [0.25, 0.3) is 0 Å². The van der Waals surface area contributed by atoms with Crippen molar-refractivity contribution in [2.45, 2.75) is 37.7 Å². The number of aromatic nitrogens is 4. The summed E-state index contributed by atoms with van der Waals surface area (Å²) in [4.78, 5) is 10.9. The minimum Gasteiger partial charge on any atom is -0.460 e. The molecule has 2 aliphatic rings. The fraction of sp³-hybridized carbons (Fsp3) is 0.611. The molecule has 4 rings (SSSR count). The highest BCUT2D eigenvalue weighted by Gasteiger charge is 2.45. The Balaban J connectivity index is 1.24. The Hall–Kier alpha value is -2.09. The Kier molecular flexibility index (Phi) is 4.60. The molecule has 1 saturated carbocycles. The highest BCUT2D eigenvalue weighted by atomic mass is 19.3. The minimum atomic E-state index is -2.43. The van der Waals surface area contributed by atoms with E-state index < -0.39 is 5.92 Å². The first-order valence-corrected chi connectivity index (χ1v) is 9.05. The second-order valence-corrected chi connectivity index (χ2v) is 7.41. The number of likely N-dealkylation sites (tertiary alicyclic amines) is 1. The van der Waals surface area contributed by atoms with Crippen molar-refractivity contribution in [1.82, 2.24) is 24.6 Å². The van der Waals surface area contributed by atoms with E-state index in [0.717, 1.165) is 43.6 Å². The van der Waals surface area contributed by atoms with Crippen molar-refractivity contribution in [2.24, 2.45) is 13.0 Å². The van der Waals surface area contributed by atoms with Gasteiger partial charge in [0.05, 0.1) is 6.20 Å². The van der Waals surface area contributed by atoms with E-state index in [2.05, 4.69) is 20.0 Å². The van der Waals surface area contributed by atoms with E-state index >= 15 is 0 Å². The molecule has 1 aliphatic heterocycles. The van der Waals surface area contributed by atoms with Crippen LogP contribution in [0.4, 0.5) is 8.78 Å². The third-order valence-corrected chi connectivity index (χ3v) is 5.16. The zero-order valence-electron chi connectivity index (χ0n) is 14.8. The summed E-state index contributed by atoms with van der Waals surface area (Å²) in [6.45, 7) is 2.53. The molecule has 8 heteroatoms. The topological polar surface area (TPSA) is 56.1 Å². The average molecular weight is 363 g/mol. The van der Waals surface area contributed by atoms with Gasteiger partial charge in [-0.1, -0.05) is 0 Å². The van der Waals surface area contributed by atoms with Crippen LogP contribution in [-0.4, -0.2) is 56.3 Å². The molecule has 1 saturated heterocycles. The van der Waals surface area contributed by atoms with E-state index in [1.807, 2.05) is 13.2 Å². The highest BCUT2D eigenvalue weighted by Crippen LogP contribution is 2.42. The van der Waals surface area contributed by atoms with Gasteiger partial charge in [0.15, 0.2) is 0 Å². The fourth-order valence-electron chi connectivity index (χ4n) is 3.73. The molecule has 0 spiro atoms. The second kappa shape index (κ2) is 6.90. The fourth-order valence-corrected chi connectivity index (χ4v) is 3.73. The number of hydrogen-bond donors (Lipinski definition) is 0. The number of piperidine rings is 1. The molecule has 26 heavy (non-hydrogen) atoms. The van der Waals surface area contributed by atoms with Gasteiger partial charge in [-0.3, -0.25) is 4.68 Å². The number of hydrogen-bond acceptors (Lipinski definition) is 5. The summed E-state index contributed by atoms with van der Waals surface area (Å²) in [5.74, 6) is -2.28. The van der Waals surface area contributed by atoms with E-state index in [1.54, 1.807) is 23.3 Å². The first kappa shape index (κ1) is 17.3. The molecule has 0 N–H and O–H groups in total. The molecular formula is C18H23F2N5O.